The molecule has 90 valence electrons. The number of thioether (sulfide) groups is 1. The second kappa shape index (κ2) is 4.53. The van der Waals surface area contributed by atoms with Crippen molar-refractivity contribution in [2.45, 2.75) is 30.3 Å². The largest absolute Gasteiger partial charge is 0.294 e. The van der Waals surface area contributed by atoms with Crippen LogP contribution in [0.3, 0.4) is 0 Å². The van der Waals surface area contributed by atoms with Gasteiger partial charge < -0.3 is 0 Å². The lowest BCUT2D eigenvalue weighted by Crippen LogP contribution is -2.53. The van der Waals surface area contributed by atoms with E-state index in [1.165, 1.54) is 11.8 Å². The Balaban J connectivity index is 2.44. The number of hydrogen-bond acceptors (Lipinski definition) is 3. The fourth-order valence-electron chi connectivity index (χ4n) is 2.08. The van der Waals surface area contributed by atoms with E-state index in [4.69, 9.17) is 0 Å². The third kappa shape index (κ3) is 1.97. The highest BCUT2D eigenvalue weighted by atomic mass is 32.2. The number of hydrogen-bond donors (Lipinski definition) is 1. The first-order valence-electron chi connectivity index (χ1n) is 5.69. The van der Waals surface area contributed by atoms with Crippen molar-refractivity contribution in [2.75, 3.05) is 0 Å². The minimum Gasteiger partial charge on any atom is -0.294 e. The first-order valence-corrected chi connectivity index (χ1v) is 6.57. The molecule has 0 bridgehead atoms. The molecule has 17 heavy (non-hydrogen) atoms. The van der Waals surface area contributed by atoms with Gasteiger partial charge in [-0.05, 0) is 18.9 Å². The van der Waals surface area contributed by atoms with Gasteiger partial charge in [0.05, 0.1) is 5.25 Å². The molecule has 1 aliphatic heterocycles. The van der Waals surface area contributed by atoms with Gasteiger partial charge in [-0.25, -0.2) is 0 Å². The van der Waals surface area contributed by atoms with E-state index in [0.717, 1.165) is 5.56 Å². The highest BCUT2D eigenvalue weighted by Crippen LogP contribution is 2.44. The van der Waals surface area contributed by atoms with Crippen LogP contribution in [0, 0.1) is 0 Å². The molecule has 1 fully saturated rings. The fourth-order valence-corrected chi connectivity index (χ4v) is 3.44. The van der Waals surface area contributed by atoms with Gasteiger partial charge >= 0.3 is 0 Å². The maximum atomic E-state index is 12.2. The Kier molecular flexibility index (Phi) is 3.24. The molecular formula is C13H15NO2S. The molecule has 4 heteroatoms. The van der Waals surface area contributed by atoms with Gasteiger partial charge in [0.15, 0.2) is 0 Å². The Labute approximate surface area is 105 Å². The number of carbonyl (C=O) groups is 2. The molecular weight excluding hydrogens is 234 g/mol. The molecule has 0 saturated carbocycles. The molecule has 0 aliphatic carbocycles. The van der Waals surface area contributed by atoms with E-state index in [9.17, 15) is 9.59 Å². The van der Waals surface area contributed by atoms with Crippen LogP contribution in [0.15, 0.2) is 30.3 Å². The zero-order chi connectivity index (χ0) is 12.5. The third-order valence-electron chi connectivity index (χ3n) is 3.09. The molecule has 2 atom stereocenters. The van der Waals surface area contributed by atoms with Crippen LogP contribution in [-0.4, -0.2) is 17.1 Å². The normalized spacial score (nSPS) is 28.9. The fraction of sp³-hybridized carbons (Fsp3) is 0.385. The van der Waals surface area contributed by atoms with Gasteiger partial charge in [-0.2, -0.15) is 0 Å². The van der Waals surface area contributed by atoms with Crippen LogP contribution in [0.5, 0.6) is 0 Å². The lowest BCUT2D eigenvalue weighted by atomic mass is 9.94. The summed E-state index contributed by atoms with van der Waals surface area (Å²) < 4.78 is -0.630. The van der Waals surface area contributed by atoms with Gasteiger partial charge in [0, 0.05) is 0 Å². The smallest absolute Gasteiger partial charge is 0.247 e. The van der Waals surface area contributed by atoms with E-state index in [0.29, 0.717) is 6.42 Å². The summed E-state index contributed by atoms with van der Waals surface area (Å²) in [7, 11) is 0. The predicted octanol–water partition coefficient (Wildman–Crippen LogP) is 2.07. The van der Waals surface area contributed by atoms with Crippen LogP contribution < -0.4 is 5.32 Å². The van der Waals surface area contributed by atoms with Crippen molar-refractivity contribution < 1.29 is 9.59 Å². The SMILES string of the molecule is CC[C@]1(c2ccccc2)S[C@@H](C)C(=O)NC1=O. The number of carbonyl (C=O) groups excluding carboxylic acids is 2. The Morgan fingerprint density at radius 1 is 1.29 bits per heavy atom. The first-order chi connectivity index (χ1) is 8.10. The van der Waals surface area contributed by atoms with Crippen molar-refractivity contribution in [3.05, 3.63) is 35.9 Å². The molecule has 1 aliphatic rings. The molecule has 0 radical (unpaired) electrons. The van der Waals surface area contributed by atoms with Crippen molar-refractivity contribution in [3.63, 3.8) is 0 Å². The first kappa shape index (κ1) is 12.2. The highest BCUT2D eigenvalue weighted by molar-refractivity contribution is 8.02. The van der Waals surface area contributed by atoms with E-state index in [1.54, 1.807) is 0 Å². The topological polar surface area (TPSA) is 46.2 Å². The van der Waals surface area contributed by atoms with Gasteiger partial charge in [-0.15, -0.1) is 11.8 Å². The maximum absolute atomic E-state index is 12.2. The Morgan fingerprint density at radius 2 is 1.94 bits per heavy atom. The van der Waals surface area contributed by atoms with E-state index in [-0.39, 0.29) is 17.1 Å². The molecule has 2 rings (SSSR count). The van der Waals surface area contributed by atoms with Crippen molar-refractivity contribution in [1.82, 2.24) is 5.32 Å². The van der Waals surface area contributed by atoms with Gasteiger partial charge in [0.2, 0.25) is 11.8 Å². The second-order valence-corrected chi connectivity index (χ2v) is 5.76. The summed E-state index contributed by atoms with van der Waals surface area (Å²) in [6.45, 7) is 3.81. The molecule has 1 aromatic carbocycles. The molecule has 0 aromatic heterocycles. The van der Waals surface area contributed by atoms with Crippen LogP contribution in [0.25, 0.3) is 0 Å². The van der Waals surface area contributed by atoms with Crippen LogP contribution >= 0.6 is 11.8 Å². The number of benzene rings is 1. The van der Waals surface area contributed by atoms with Gasteiger partial charge in [-0.3, -0.25) is 14.9 Å². The Bertz CT molecular complexity index is 446. The molecule has 3 nitrogen and oxygen atoms in total. The standard InChI is InChI=1S/C13H15NO2S/c1-3-13(10-7-5-4-6-8-10)12(16)14-11(15)9(2)17-13/h4-9H,3H2,1-2H3,(H,14,15,16)/t9-,13+/m0/s1. The van der Waals surface area contributed by atoms with Crippen molar-refractivity contribution >= 4 is 23.6 Å². The summed E-state index contributed by atoms with van der Waals surface area (Å²) in [5.41, 5.74) is 0.962. The van der Waals surface area contributed by atoms with Gasteiger partial charge in [0.1, 0.15) is 4.75 Å². The molecule has 1 aromatic rings. The summed E-state index contributed by atoms with van der Waals surface area (Å²) in [6.07, 6.45) is 0.672. The molecule has 1 heterocycles. The van der Waals surface area contributed by atoms with Crippen molar-refractivity contribution in [1.29, 1.82) is 0 Å². The minimum absolute atomic E-state index is 0.194. The lowest BCUT2D eigenvalue weighted by Gasteiger charge is -2.37. The zero-order valence-corrected chi connectivity index (χ0v) is 10.7. The van der Waals surface area contributed by atoms with Crippen molar-refractivity contribution in [3.8, 4) is 0 Å². The van der Waals surface area contributed by atoms with E-state index < -0.39 is 4.75 Å². The van der Waals surface area contributed by atoms with Crippen LogP contribution in [0.4, 0.5) is 0 Å². The number of nitrogens with one attached hydrogen (secondary N) is 1. The van der Waals surface area contributed by atoms with E-state index in [2.05, 4.69) is 5.32 Å². The molecule has 0 unspecified atom stereocenters. The monoisotopic (exact) mass is 249 g/mol. The molecule has 2 amide bonds. The Hall–Kier alpha value is -1.29. The van der Waals surface area contributed by atoms with Gasteiger partial charge in [-0.1, -0.05) is 37.3 Å². The second-order valence-electron chi connectivity index (χ2n) is 4.13. The molecule has 1 saturated heterocycles. The zero-order valence-electron chi connectivity index (χ0n) is 9.90. The minimum atomic E-state index is -0.630. The lowest BCUT2D eigenvalue weighted by molar-refractivity contribution is -0.132. The van der Waals surface area contributed by atoms with Crippen molar-refractivity contribution in [2.24, 2.45) is 0 Å². The average Bonchev–Trinajstić information content (AvgIpc) is 2.35. The van der Waals surface area contributed by atoms with Crippen LogP contribution in [0.1, 0.15) is 25.8 Å². The third-order valence-corrected chi connectivity index (χ3v) is 4.77. The number of rotatable bonds is 2. The average molecular weight is 249 g/mol. The van der Waals surface area contributed by atoms with Gasteiger partial charge in [0.25, 0.3) is 0 Å². The molecule has 0 spiro atoms. The van der Waals surface area contributed by atoms with Crippen LogP contribution in [-0.2, 0) is 14.3 Å². The quantitative estimate of drug-likeness (QED) is 0.816. The predicted molar refractivity (Wildman–Crippen MR) is 68.6 cm³/mol. The van der Waals surface area contributed by atoms with Crippen LogP contribution in [0.2, 0.25) is 0 Å². The summed E-state index contributed by atoms with van der Waals surface area (Å²) >= 11 is 1.44. The summed E-state index contributed by atoms with van der Waals surface area (Å²) in [4.78, 5) is 23.6. The number of amides is 2. The van der Waals surface area contributed by atoms with E-state index in [1.807, 2.05) is 44.2 Å². The summed E-state index contributed by atoms with van der Waals surface area (Å²) in [5.74, 6) is -0.390. The molecule has 1 N–H and O–H groups in total. The highest BCUT2D eigenvalue weighted by Gasteiger charge is 2.46. The Morgan fingerprint density at radius 3 is 2.53 bits per heavy atom. The summed E-state index contributed by atoms with van der Waals surface area (Å²) in [5, 5.41) is 2.27. The summed E-state index contributed by atoms with van der Waals surface area (Å²) in [6, 6.07) is 9.65. The maximum Gasteiger partial charge on any atom is 0.247 e. The van der Waals surface area contributed by atoms with E-state index >= 15 is 0 Å². The number of imide groups is 1.